The fourth-order valence-corrected chi connectivity index (χ4v) is 3.94. The van der Waals surface area contributed by atoms with Crippen LogP contribution in [0.3, 0.4) is 0 Å². The van der Waals surface area contributed by atoms with E-state index in [1.54, 1.807) is 36.4 Å². The van der Waals surface area contributed by atoms with Gasteiger partial charge in [0, 0.05) is 16.2 Å². The summed E-state index contributed by atoms with van der Waals surface area (Å²) < 4.78 is 0.928. The number of carbonyl (C=O) groups is 1. The standard InChI is InChI=1S/C25H15N3O3/c26-14-20-23(29)19-13-12-16-7-2-4-10-18(16)22(19)28(24(20)30)25(31)27-21-11-5-8-15-6-1-3-9-17(15)21/h1-13,29H,(H,27,31). The minimum Gasteiger partial charge on any atom is -0.506 e. The third-order valence-corrected chi connectivity index (χ3v) is 5.38. The van der Waals surface area contributed by atoms with Crippen LogP contribution in [0, 0.1) is 11.3 Å². The number of amides is 1. The number of nitriles is 1. The van der Waals surface area contributed by atoms with Gasteiger partial charge in [0.1, 0.15) is 11.8 Å². The van der Waals surface area contributed by atoms with Crippen molar-refractivity contribution in [2.45, 2.75) is 0 Å². The van der Waals surface area contributed by atoms with Gasteiger partial charge in [0.2, 0.25) is 0 Å². The van der Waals surface area contributed by atoms with Crippen LogP contribution in [0.5, 0.6) is 5.75 Å². The molecule has 0 fully saturated rings. The number of rotatable bonds is 1. The van der Waals surface area contributed by atoms with Gasteiger partial charge < -0.3 is 10.4 Å². The molecule has 5 rings (SSSR count). The Balaban J connectivity index is 1.81. The molecule has 4 aromatic carbocycles. The molecule has 0 unspecified atom stereocenters. The van der Waals surface area contributed by atoms with Crippen molar-refractivity contribution in [2.24, 2.45) is 0 Å². The lowest BCUT2D eigenvalue weighted by atomic mass is 10.0. The van der Waals surface area contributed by atoms with Gasteiger partial charge in [-0.15, -0.1) is 0 Å². The van der Waals surface area contributed by atoms with E-state index in [0.717, 1.165) is 20.7 Å². The molecule has 0 aliphatic heterocycles. The molecule has 0 aliphatic rings. The first kappa shape index (κ1) is 18.4. The van der Waals surface area contributed by atoms with Crippen LogP contribution < -0.4 is 10.9 Å². The molecule has 1 heterocycles. The zero-order valence-electron chi connectivity index (χ0n) is 16.2. The van der Waals surface area contributed by atoms with E-state index in [-0.39, 0.29) is 10.9 Å². The molecule has 0 atom stereocenters. The number of nitrogens with one attached hydrogen (secondary N) is 1. The lowest BCUT2D eigenvalue weighted by molar-refractivity contribution is 0.253. The van der Waals surface area contributed by atoms with Crippen LogP contribution in [0.1, 0.15) is 5.56 Å². The van der Waals surface area contributed by atoms with Gasteiger partial charge in [0.25, 0.3) is 5.56 Å². The average molecular weight is 405 g/mol. The molecule has 1 aromatic heterocycles. The van der Waals surface area contributed by atoms with Crippen molar-refractivity contribution in [1.29, 1.82) is 5.26 Å². The van der Waals surface area contributed by atoms with Crippen molar-refractivity contribution in [2.75, 3.05) is 5.32 Å². The molecule has 0 bridgehead atoms. The molecule has 0 saturated heterocycles. The number of fused-ring (bicyclic) bond motifs is 4. The van der Waals surface area contributed by atoms with Gasteiger partial charge in [-0.1, -0.05) is 66.7 Å². The van der Waals surface area contributed by atoms with E-state index >= 15 is 0 Å². The Morgan fingerprint density at radius 1 is 0.839 bits per heavy atom. The first-order valence-corrected chi connectivity index (χ1v) is 9.59. The van der Waals surface area contributed by atoms with Crippen molar-refractivity contribution in [3.05, 3.63) is 94.8 Å². The topological polar surface area (TPSA) is 95.1 Å². The highest BCUT2D eigenvalue weighted by Crippen LogP contribution is 2.32. The smallest absolute Gasteiger partial charge is 0.333 e. The summed E-state index contributed by atoms with van der Waals surface area (Å²) in [6.07, 6.45) is 0. The fraction of sp³-hybridized carbons (Fsp3) is 0. The molecule has 6 heteroatoms. The summed E-state index contributed by atoms with van der Waals surface area (Å²) in [5.74, 6) is -0.428. The highest BCUT2D eigenvalue weighted by atomic mass is 16.3. The average Bonchev–Trinajstić information content (AvgIpc) is 2.79. The highest BCUT2D eigenvalue weighted by molar-refractivity contribution is 6.13. The number of nitrogens with zero attached hydrogens (tertiary/aromatic N) is 2. The molecule has 1 amide bonds. The van der Waals surface area contributed by atoms with E-state index in [4.69, 9.17) is 0 Å². The van der Waals surface area contributed by atoms with Crippen LogP contribution in [0.25, 0.3) is 32.4 Å². The molecular formula is C25H15N3O3. The Labute approximate surface area is 176 Å². The summed E-state index contributed by atoms with van der Waals surface area (Å²) in [6, 6.07) is 24.7. The van der Waals surface area contributed by atoms with Crippen molar-refractivity contribution in [3.8, 4) is 11.8 Å². The highest BCUT2D eigenvalue weighted by Gasteiger charge is 2.22. The fourth-order valence-electron chi connectivity index (χ4n) is 3.94. The van der Waals surface area contributed by atoms with Gasteiger partial charge in [-0.05, 0) is 22.9 Å². The van der Waals surface area contributed by atoms with Crippen molar-refractivity contribution in [1.82, 2.24) is 4.57 Å². The first-order chi connectivity index (χ1) is 15.1. The molecular weight excluding hydrogens is 390 g/mol. The van der Waals surface area contributed by atoms with Gasteiger partial charge in [-0.2, -0.15) is 5.26 Å². The van der Waals surface area contributed by atoms with Gasteiger partial charge in [0.05, 0.1) is 11.2 Å². The molecule has 148 valence electrons. The summed E-state index contributed by atoms with van der Waals surface area (Å²) >= 11 is 0. The predicted molar refractivity (Wildman–Crippen MR) is 120 cm³/mol. The summed E-state index contributed by atoms with van der Waals surface area (Å²) in [4.78, 5) is 26.5. The molecule has 31 heavy (non-hydrogen) atoms. The predicted octanol–water partition coefficient (Wildman–Crippen LogP) is 4.97. The van der Waals surface area contributed by atoms with Crippen molar-refractivity contribution >= 4 is 44.2 Å². The first-order valence-electron chi connectivity index (χ1n) is 9.59. The van der Waals surface area contributed by atoms with E-state index < -0.39 is 22.9 Å². The zero-order chi connectivity index (χ0) is 21.5. The van der Waals surface area contributed by atoms with Gasteiger partial charge in [-0.25, -0.2) is 9.36 Å². The molecule has 0 aliphatic carbocycles. The monoisotopic (exact) mass is 405 g/mol. The second kappa shape index (κ2) is 7.01. The number of hydrogen-bond donors (Lipinski definition) is 2. The number of aromatic hydroxyl groups is 1. The maximum atomic E-state index is 13.4. The largest absolute Gasteiger partial charge is 0.506 e. The Bertz CT molecular complexity index is 1620. The zero-order valence-corrected chi connectivity index (χ0v) is 16.2. The number of hydrogen-bond acceptors (Lipinski definition) is 4. The SMILES string of the molecule is N#Cc1c(O)c2ccc3ccccc3c2n(C(=O)Nc2cccc3ccccc23)c1=O. The lowest BCUT2D eigenvalue weighted by Gasteiger charge is -2.15. The van der Waals surface area contributed by atoms with Crippen LogP contribution in [0.2, 0.25) is 0 Å². The molecule has 0 radical (unpaired) electrons. The maximum Gasteiger partial charge on any atom is 0.333 e. The van der Waals surface area contributed by atoms with E-state index in [2.05, 4.69) is 5.32 Å². The van der Waals surface area contributed by atoms with Crippen LogP contribution in [-0.4, -0.2) is 15.7 Å². The number of benzene rings is 4. The minimum atomic E-state index is -0.874. The summed E-state index contributed by atoms with van der Waals surface area (Å²) in [5.41, 5.74) is -0.565. The van der Waals surface area contributed by atoms with Gasteiger partial charge in [0.15, 0.2) is 5.56 Å². The number of carbonyl (C=O) groups excluding carboxylic acids is 1. The number of aromatic nitrogens is 1. The van der Waals surface area contributed by atoms with Crippen molar-refractivity contribution in [3.63, 3.8) is 0 Å². The Kier molecular flexibility index (Phi) is 4.16. The van der Waals surface area contributed by atoms with Crippen LogP contribution >= 0.6 is 0 Å². The second-order valence-corrected chi connectivity index (χ2v) is 7.12. The normalized spacial score (nSPS) is 10.9. The van der Waals surface area contributed by atoms with Crippen LogP contribution in [0.4, 0.5) is 10.5 Å². The third-order valence-electron chi connectivity index (χ3n) is 5.38. The maximum absolute atomic E-state index is 13.4. The quantitative estimate of drug-likeness (QED) is 0.385. The molecule has 6 nitrogen and oxygen atoms in total. The second-order valence-electron chi connectivity index (χ2n) is 7.12. The van der Waals surface area contributed by atoms with E-state index in [0.29, 0.717) is 11.1 Å². The van der Waals surface area contributed by atoms with Crippen LogP contribution in [0.15, 0.2) is 83.7 Å². The summed E-state index contributed by atoms with van der Waals surface area (Å²) in [6.45, 7) is 0. The van der Waals surface area contributed by atoms with Crippen molar-refractivity contribution < 1.29 is 9.90 Å². The Morgan fingerprint density at radius 2 is 1.48 bits per heavy atom. The van der Waals surface area contributed by atoms with Gasteiger partial charge in [-0.3, -0.25) is 4.79 Å². The summed E-state index contributed by atoms with van der Waals surface area (Å²) in [7, 11) is 0. The van der Waals surface area contributed by atoms with E-state index in [9.17, 15) is 20.0 Å². The summed E-state index contributed by atoms with van der Waals surface area (Å²) in [5, 5.41) is 26.2. The molecule has 0 saturated carbocycles. The van der Waals surface area contributed by atoms with E-state index in [1.807, 2.05) is 48.5 Å². The minimum absolute atomic E-state index is 0.248. The number of pyridine rings is 1. The third kappa shape index (κ3) is 2.80. The Hall–Kier alpha value is -4.63. The van der Waals surface area contributed by atoms with E-state index in [1.165, 1.54) is 0 Å². The molecule has 0 spiro atoms. The molecule has 5 aromatic rings. The van der Waals surface area contributed by atoms with Crippen LogP contribution in [-0.2, 0) is 0 Å². The number of anilines is 1. The molecule has 2 N–H and O–H groups in total. The lowest BCUT2D eigenvalue weighted by Crippen LogP contribution is -2.33. The van der Waals surface area contributed by atoms with Gasteiger partial charge >= 0.3 is 6.03 Å². The Morgan fingerprint density at radius 3 is 2.23 bits per heavy atom.